The summed E-state index contributed by atoms with van der Waals surface area (Å²) in [4.78, 5) is 12.2. The molecule has 6 nitrogen and oxygen atoms in total. The highest BCUT2D eigenvalue weighted by molar-refractivity contribution is 6.03. The van der Waals surface area contributed by atoms with Crippen LogP contribution in [0.4, 0.5) is 11.4 Å². The zero-order chi connectivity index (χ0) is 20.1. The summed E-state index contributed by atoms with van der Waals surface area (Å²) in [7, 11) is 0. The molecule has 6 heteroatoms. The third-order valence-corrected chi connectivity index (χ3v) is 5.15. The van der Waals surface area contributed by atoms with Crippen molar-refractivity contribution in [1.82, 2.24) is 15.1 Å². The zero-order valence-electron chi connectivity index (χ0n) is 16.2. The van der Waals surface area contributed by atoms with E-state index in [0.29, 0.717) is 17.4 Å². The lowest BCUT2D eigenvalue weighted by Gasteiger charge is -2.22. The monoisotopic (exact) mass is 387 g/mol. The molecule has 4 N–H and O–H groups in total. The fraction of sp³-hybridized carbons (Fsp3) is 0.217. The van der Waals surface area contributed by atoms with E-state index < -0.39 is 0 Å². The van der Waals surface area contributed by atoms with E-state index in [9.17, 15) is 4.79 Å². The molecule has 0 bridgehead atoms. The van der Waals surface area contributed by atoms with Crippen molar-refractivity contribution in [1.29, 1.82) is 0 Å². The second-order valence-corrected chi connectivity index (χ2v) is 7.23. The summed E-state index contributed by atoms with van der Waals surface area (Å²) >= 11 is 0. The Kier molecular flexibility index (Phi) is 5.72. The summed E-state index contributed by atoms with van der Waals surface area (Å²) in [5.74, 6) is -0.216. The number of hydrogen-bond donors (Lipinski definition) is 3. The van der Waals surface area contributed by atoms with Crippen molar-refractivity contribution in [3.05, 3.63) is 72.6 Å². The van der Waals surface area contributed by atoms with Gasteiger partial charge in [0.15, 0.2) is 0 Å². The van der Waals surface area contributed by atoms with Crippen molar-refractivity contribution in [3.8, 4) is 11.1 Å². The molecule has 3 aromatic rings. The summed E-state index contributed by atoms with van der Waals surface area (Å²) < 4.78 is 2.08. The van der Waals surface area contributed by atoms with Gasteiger partial charge in [-0.3, -0.25) is 9.48 Å². The molecule has 4 rings (SSSR count). The number of nitrogens with two attached hydrogens (primary N) is 1. The van der Waals surface area contributed by atoms with Crippen LogP contribution in [0.1, 0.15) is 24.4 Å². The number of nitrogens with zero attached hydrogens (tertiary/aromatic N) is 2. The maximum Gasteiger partial charge on any atom is 0.248 e. The van der Waals surface area contributed by atoms with Crippen molar-refractivity contribution in [2.24, 2.45) is 0 Å². The number of anilines is 2. The Labute approximate surface area is 170 Å². The minimum atomic E-state index is -0.216. The van der Waals surface area contributed by atoms with Crippen molar-refractivity contribution >= 4 is 23.4 Å². The SMILES string of the molecule is Nc1ccccc1NC(=O)/C=C/c1cccc(-c2cnn(C3CCNCC3)c2)c1. The molecule has 1 saturated heterocycles. The molecular formula is C23H25N5O. The molecule has 1 amide bonds. The van der Waals surface area contributed by atoms with Crippen LogP contribution in [0.5, 0.6) is 0 Å². The van der Waals surface area contributed by atoms with Crippen LogP contribution in [-0.4, -0.2) is 28.8 Å². The molecule has 1 aliphatic rings. The van der Waals surface area contributed by atoms with Crippen molar-refractivity contribution in [2.75, 3.05) is 24.1 Å². The lowest BCUT2D eigenvalue weighted by molar-refractivity contribution is -0.111. The normalized spacial score (nSPS) is 14.9. The van der Waals surface area contributed by atoms with E-state index in [1.807, 2.05) is 30.5 Å². The first-order valence-corrected chi connectivity index (χ1v) is 9.88. The van der Waals surface area contributed by atoms with Gasteiger partial charge in [0.05, 0.1) is 23.6 Å². The Hall–Kier alpha value is -3.38. The Morgan fingerprint density at radius 3 is 2.79 bits per heavy atom. The molecular weight excluding hydrogens is 362 g/mol. The minimum Gasteiger partial charge on any atom is -0.397 e. The van der Waals surface area contributed by atoms with Gasteiger partial charge in [0.25, 0.3) is 0 Å². The fourth-order valence-corrected chi connectivity index (χ4v) is 3.54. The fourth-order valence-electron chi connectivity index (χ4n) is 3.54. The molecule has 0 atom stereocenters. The number of nitrogen functional groups attached to an aromatic ring is 1. The highest BCUT2D eigenvalue weighted by atomic mass is 16.1. The number of nitrogens with one attached hydrogen (secondary N) is 2. The molecule has 0 unspecified atom stereocenters. The first-order chi connectivity index (χ1) is 14.2. The maximum atomic E-state index is 12.2. The first-order valence-electron chi connectivity index (χ1n) is 9.88. The lowest BCUT2D eigenvalue weighted by atomic mass is 10.1. The molecule has 0 radical (unpaired) electrons. The van der Waals surface area contributed by atoms with Crippen LogP contribution in [0, 0.1) is 0 Å². The number of carbonyl (C=O) groups is 1. The van der Waals surface area contributed by atoms with Crippen molar-refractivity contribution in [3.63, 3.8) is 0 Å². The average molecular weight is 387 g/mol. The summed E-state index contributed by atoms with van der Waals surface area (Å²) in [6.07, 6.45) is 9.55. The average Bonchev–Trinajstić information content (AvgIpc) is 3.25. The number of rotatable bonds is 5. The van der Waals surface area contributed by atoms with E-state index in [1.54, 1.807) is 18.2 Å². The zero-order valence-corrected chi connectivity index (χ0v) is 16.2. The van der Waals surface area contributed by atoms with Crippen molar-refractivity contribution < 1.29 is 4.79 Å². The molecule has 1 aromatic heterocycles. The topological polar surface area (TPSA) is 85.0 Å². The molecule has 2 aromatic carbocycles. The van der Waals surface area contributed by atoms with E-state index in [-0.39, 0.29) is 5.91 Å². The van der Waals surface area contributed by atoms with Gasteiger partial charge in [-0.15, -0.1) is 0 Å². The van der Waals surface area contributed by atoms with Gasteiger partial charge in [0, 0.05) is 17.8 Å². The highest BCUT2D eigenvalue weighted by Gasteiger charge is 2.16. The van der Waals surface area contributed by atoms with Crippen LogP contribution >= 0.6 is 0 Å². The largest absolute Gasteiger partial charge is 0.397 e. The summed E-state index contributed by atoms with van der Waals surface area (Å²) in [5.41, 5.74) is 10.1. The van der Waals surface area contributed by atoms with Crippen LogP contribution in [0.25, 0.3) is 17.2 Å². The number of para-hydroxylation sites is 2. The minimum absolute atomic E-state index is 0.216. The van der Waals surface area contributed by atoms with E-state index >= 15 is 0 Å². The van der Waals surface area contributed by atoms with Gasteiger partial charge in [-0.1, -0.05) is 30.3 Å². The second-order valence-electron chi connectivity index (χ2n) is 7.23. The third kappa shape index (κ3) is 4.73. The molecule has 29 heavy (non-hydrogen) atoms. The van der Waals surface area contributed by atoms with Crippen LogP contribution < -0.4 is 16.4 Å². The molecule has 0 spiro atoms. The number of hydrogen-bond acceptors (Lipinski definition) is 4. The Balaban J connectivity index is 1.45. The second kappa shape index (κ2) is 8.75. The Morgan fingerprint density at radius 2 is 1.97 bits per heavy atom. The standard InChI is InChI=1S/C23H25N5O/c24-21-6-1-2-7-22(21)27-23(29)9-8-17-4-3-5-18(14-17)19-15-26-28(16-19)20-10-12-25-13-11-20/h1-9,14-16,20,25H,10-13,24H2,(H,27,29)/b9-8+. The number of piperidine rings is 1. The number of aromatic nitrogens is 2. The van der Waals surface area contributed by atoms with Gasteiger partial charge in [0.2, 0.25) is 5.91 Å². The van der Waals surface area contributed by atoms with Gasteiger partial charge in [-0.05, 0) is 61.3 Å². The summed E-state index contributed by atoms with van der Waals surface area (Å²) in [5, 5.41) is 10.8. The van der Waals surface area contributed by atoms with Gasteiger partial charge >= 0.3 is 0 Å². The van der Waals surface area contributed by atoms with E-state index in [0.717, 1.165) is 42.6 Å². The molecule has 1 aliphatic heterocycles. The Bertz CT molecular complexity index is 1020. The molecule has 0 aliphatic carbocycles. The van der Waals surface area contributed by atoms with E-state index in [2.05, 4.69) is 38.7 Å². The van der Waals surface area contributed by atoms with Crippen LogP contribution in [-0.2, 0) is 4.79 Å². The van der Waals surface area contributed by atoms with Crippen LogP contribution in [0.15, 0.2) is 67.0 Å². The van der Waals surface area contributed by atoms with Crippen LogP contribution in [0.2, 0.25) is 0 Å². The van der Waals surface area contributed by atoms with Gasteiger partial charge in [-0.25, -0.2) is 0 Å². The Morgan fingerprint density at radius 1 is 1.14 bits per heavy atom. The van der Waals surface area contributed by atoms with Crippen molar-refractivity contribution in [2.45, 2.75) is 18.9 Å². The first kappa shape index (κ1) is 19.0. The number of carbonyl (C=O) groups excluding carboxylic acids is 1. The van der Waals surface area contributed by atoms with E-state index in [4.69, 9.17) is 5.73 Å². The maximum absolute atomic E-state index is 12.2. The molecule has 2 heterocycles. The molecule has 148 valence electrons. The third-order valence-electron chi connectivity index (χ3n) is 5.15. The molecule has 1 fully saturated rings. The lowest BCUT2D eigenvalue weighted by Crippen LogP contribution is -2.29. The summed E-state index contributed by atoms with van der Waals surface area (Å²) in [6, 6.07) is 15.8. The van der Waals surface area contributed by atoms with Crippen LogP contribution in [0.3, 0.4) is 0 Å². The quantitative estimate of drug-likeness (QED) is 0.460. The number of benzene rings is 2. The van der Waals surface area contributed by atoms with Gasteiger partial charge in [0.1, 0.15) is 0 Å². The van der Waals surface area contributed by atoms with Gasteiger partial charge < -0.3 is 16.4 Å². The highest BCUT2D eigenvalue weighted by Crippen LogP contribution is 2.24. The number of amides is 1. The smallest absolute Gasteiger partial charge is 0.248 e. The van der Waals surface area contributed by atoms with E-state index in [1.165, 1.54) is 6.08 Å². The van der Waals surface area contributed by atoms with Gasteiger partial charge in [-0.2, -0.15) is 5.10 Å². The predicted octanol–water partition coefficient (Wildman–Crippen LogP) is 3.71. The predicted molar refractivity (Wildman–Crippen MR) is 117 cm³/mol. The molecule has 0 saturated carbocycles. The summed E-state index contributed by atoms with van der Waals surface area (Å²) in [6.45, 7) is 2.08.